The highest BCUT2D eigenvalue weighted by molar-refractivity contribution is 7.89. The van der Waals surface area contributed by atoms with E-state index >= 15 is 0 Å². The van der Waals surface area contributed by atoms with Crippen molar-refractivity contribution in [3.05, 3.63) is 59.9 Å². The molecule has 1 heterocycles. The molecule has 1 aliphatic heterocycles. The Labute approximate surface area is 159 Å². The van der Waals surface area contributed by atoms with Gasteiger partial charge < -0.3 is 5.32 Å². The maximum Gasteiger partial charge on any atom is 0.255 e. The van der Waals surface area contributed by atoms with E-state index in [9.17, 15) is 17.6 Å². The molecule has 7 heteroatoms. The molecule has 1 amide bonds. The standard InChI is InChI=1S/C20H23FN2O3S/c1-2-18-5-3-4-14-23(18)27(25,26)19-12-10-17(11-13-19)22-20(24)15-6-8-16(21)9-7-15/h6-13,18H,2-5,14H2,1H3,(H,22,24). The number of sulfonamides is 1. The number of benzene rings is 2. The summed E-state index contributed by atoms with van der Waals surface area (Å²) in [5.74, 6) is -0.795. The molecular formula is C20H23FN2O3S. The zero-order chi connectivity index (χ0) is 19.4. The molecule has 2 aromatic carbocycles. The van der Waals surface area contributed by atoms with Gasteiger partial charge in [0, 0.05) is 23.8 Å². The van der Waals surface area contributed by atoms with Crippen LogP contribution in [0.3, 0.4) is 0 Å². The first kappa shape index (κ1) is 19.5. The number of rotatable bonds is 5. The van der Waals surface area contributed by atoms with Crippen LogP contribution in [0.25, 0.3) is 0 Å². The van der Waals surface area contributed by atoms with Crippen molar-refractivity contribution in [1.82, 2.24) is 4.31 Å². The molecule has 1 N–H and O–H groups in total. The van der Waals surface area contributed by atoms with Crippen LogP contribution in [0.2, 0.25) is 0 Å². The number of amides is 1. The molecule has 0 saturated carbocycles. The summed E-state index contributed by atoms with van der Waals surface area (Å²) in [5.41, 5.74) is 0.807. The van der Waals surface area contributed by atoms with Gasteiger partial charge in [-0.3, -0.25) is 4.79 Å². The first-order valence-electron chi connectivity index (χ1n) is 9.10. The number of piperidine rings is 1. The summed E-state index contributed by atoms with van der Waals surface area (Å²) in [6, 6.07) is 11.4. The smallest absolute Gasteiger partial charge is 0.255 e. The van der Waals surface area contributed by atoms with Gasteiger partial charge in [-0.05, 0) is 67.8 Å². The third kappa shape index (κ3) is 4.36. The predicted molar refractivity (Wildman–Crippen MR) is 103 cm³/mol. The Kier molecular flexibility index (Phi) is 5.92. The van der Waals surface area contributed by atoms with E-state index in [0.717, 1.165) is 25.7 Å². The molecule has 0 spiro atoms. The Balaban J connectivity index is 1.74. The van der Waals surface area contributed by atoms with Gasteiger partial charge in [-0.25, -0.2) is 12.8 Å². The minimum absolute atomic E-state index is 0.0432. The number of hydrogen-bond donors (Lipinski definition) is 1. The van der Waals surface area contributed by atoms with Crippen LogP contribution in [0, 0.1) is 5.82 Å². The number of carbonyl (C=O) groups excluding carboxylic acids is 1. The van der Waals surface area contributed by atoms with Crippen LogP contribution in [-0.2, 0) is 10.0 Å². The average Bonchev–Trinajstić information content (AvgIpc) is 2.69. The van der Waals surface area contributed by atoms with E-state index in [1.165, 1.54) is 36.4 Å². The lowest BCUT2D eigenvalue weighted by Gasteiger charge is -2.34. The lowest BCUT2D eigenvalue weighted by Crippen LogP contribution is -2.43. The van der Waals surface area contributed by atoms with E-state index in [1.54, 1.807) is 16.4 Å². The van der Waals surface area contributed by atoms with Crippen LogP contribution in [-0.4, -0.2) is 31.2 Å². The van der Waals surface area contributed by atoms with Crippen molar-refractivity contribution < 1.29 is 17.6 Å². The Morgan fingerprint density at radius 3 is 2.41 bits per heavy atom. The van der Waals surface area contributed by atoms with Gasteiger partial charge in [0.15, 0.2) is 0 Å². The third-order valence-corrected chi connectivity index (χ3v) is 6.84. The van der Waals surface area contributed by atoms with Crippen LogP contribution in [0.4, 0.5) is 10.1 Å². The molecule has 1 unspecified atom stereocenters. The van der Waals surface area contributed by atoms with Crippen molar-refractivity contribution in [2.75, 3.05) is 11.9 Å². The third-order valence-electron chi connectivity index (χ3n) is 4.87. The van der Waals surface area contributed by atoms with Gasteiger partial charge in [-0.15, -0.1) is 0 Å². The molecule has 5 nitrogen and oxygen atoms in total. The molecule has 1 saturated heterocycles. The van der Waals surface area contributed by atoms with Gasteiger partial charge in [-0.1, -0.05) is 13.3 Å². The summed E-state index contributed by atoms with van der Waals surface area (Å²) in [5, 5.41) is 2.69. The van der Waals surface area contributed by atoms with Crippen molar-refractivity contribution in [3.63, 3.8) is 0 Å². The highest BCUT2D eigenvalue weighted by Crippen LogP contribution is 2.27. The molecule has 0 radical (unpaired) electrons. The average molecular weight is 390 g/mol. The van der Waals surface area contributed by atoms with Crippen molar-refractivity contribution in [2.45, 2.75) is 43.5 Å². The molecule has 27 heavy (non-hydrogen) atoms. The summed E-state index contributed by atoms with van der Waals surface area (Å²) in [6.45, 7) is 2.55. The monoisotopic (exact) mass is 390 g/mol. The zero-order valence-electron chi connectivity index (χ0n) is 15.2. The second kappa shape index (κ2) is 8.19. The fourth-order valence-electron chi connectivity index (χ4n) is 3.35. The van der Waals surface area contributed by atoms with Crippen LogP contribution in [0.5, 0.6) is 0 Å². The Morgan fingerprint density at radius 1 is 1.11 bits per heavy atom. The van der Waals surface area contributed by atoms with E-state index in [2.05, 4.69) is 5.32 Å². The summed E-state index contributed by atoms with van der Waals surface area (Å²) >= 11 is 0. The molecule has 0 bridgehead atoms. The Hall–Kier alpha value is -2.25. The predicted octanol–water partition coefficient (Wildman–Crippen LogP) is 4.03. The van der Waals surface area contributed by atoms with E-state index in [1.807, 2.05) is 6.92 Å². The number of hydrogen-bond acceptors (Lipinski definition) is 3. The largest absolute Gasteiger partial charge is 0.322 e. The van der Waals surface area contributed by atoms with Crippen molar-refractivity contribution in [1.29, 1.82) is 0 Å². The molecule has 0 aromatic heterocycles. The quantitative estimate of drug-likeness (QED) is 0.838. The lowest BCUT2D eigenvalue weighted by molar-refractivity contribution is 0.102. The molecule has 0 aliphatic carbocycles. The second-order valence-electron chi connectivity index (χ2n) is 6.66. The summed E-state index contributed by atoms with van der Waals surface area (Å²) < 4.78 is 40.4. The number of nitrogens with one attached hydrogen (secondary N) is 1. The number of halogens is 1. The van der Waals surface area contributed by atoms with Gasteiger partial charge in [0.1, 0.15) is 5.82 Å². The minimum Gasteiger partial charge on any atom is -0.322 e. The molecule has 1 atom stereocenters. The highest BCUT2D eigenvalue weighted by atomic mass is 32.2. The Morgan fingerprint density at radius 2 is 1.78 bits per heavy atom. The van der Waals surface area contributed by atoms with Crippen LogP contribution in [0.15, 0.2) is 53.4 Å². The molecule has 144 valence electrons. The SMILES string of the molecule is CCC1CCCCN1S(=O)(=O)c1ccc(NC(=O)c2ccc(F)cc2)cc1. The van der Waals surface area contributed by atoms with Gasteiger partial charge in [0.25, 0.3) is 5.91 Å². The summed E-state index contributed by atoms with van der Waals surface area (Å²) in [4.78, 5) is 12.4. The normalized spacial score (nSPS) is 18.2. The highest BCUT2D eigenvalue weighted by Gasteiger charge is 2.32. The second-order valence-corrected chi connectivity index (χ2v) is 8.55. The van der Waals surface area contributed by atoms with Gasteiger partial charge in [0.05, 0.1) is 4.90 Å². The van der Waals surface area contributed by atoms with Crippen LogP contribution in [0.1, 0.15) is 43.0 Å². The molecule has 1 aliphatic rings. The summed E-state index contributed by atoms with van der Waals surface area (Å²) in [7, 11) is -3.55. The molecule has 1 fully saturated rings. The molecule has 2 aromatic rings. The Bertz CT molecular complexity index is 896. The minimum atomic E-state index is -3.55. The fourth-order valence-corrected chi connectivity index (χ4v) is 5.12. The maximum absolute atomic E-state index is 12.9. The lowest BCUT2D eigenvalue weighted by atomic mass is 10.0. The first-order chi connectivity index (χ1) is 12.9. The van der Waals surface area contributed by atoms with Gasteiger partial charge in [0.2, 0.25) is 10.0 Å². The number of anilines is 1. The van der Waals surface area contributed by atoms with Crippen molar-refractivity contribution in [3.8, 4) is 0 Å². The van der Waals surface area contributed by atoms with Gasteiger partial charge in [-0.2, -0.15) is 4.31 Å². The summed E-state index contributed by atoms with van der Waals surface area (Å²) in [6.07, 6.45) is 3.62. The van der Waals surface area contributed by atoms with E-state index < -0.39 is 15.8 Å². The molecular weight excluding hydrogens is 367 g/mol. The number of carbonyl (C=O) groups is 1. The van der Waals surface area contributed by atoms with Crippen LogP contribution < -0.4 is 5.32 Å². The number of nitrogens with zero attached hydrogens (tertiary/aromatic N) is 1. The van der Waals surface area contributed by atoms with E-state index in [-0.39, 0.29) is 16.8 Å². The zero-order valence-corrected chi connectivity index (χ0v) is 16.0. The van der Waals surface area contributed by atoms with Crippen molar-refractivity contribution >= 4 is 21.6 Å². The van der Waals surface area contributed by atoms with E-state index in [4.69, 9.17) is 0 Å². The van der Waals surface area contributed by atoms with E-state index in [0.29, 0.717) is 17.8 Å². The van der Waals surface area contributed by atoms with Crippen molar-refractivity contribution in [2.24, 2.45) is 0 Å². The fraction of sp³-hybridized carbons (Fsp3) is 0.350. The first-order valence-corrected chi connectivity index (χ1v) is 10.5. The topological polar surface area (TPSA) is 66.5 Å². The molecule has 3 rings (SSSR count). The van der Waals surface area contributed by atoms with Gasteiger partial charge >= 0.3 is 0 Å². The maximum atomic E-state index is 12.9. The van der Waals surface area contributed by atoms with Crippen LogP contribution >= 0.6 is 0 Å².